The van der Waals surface area contributed by atoms with Crippen LogP contribution in [0.15, 0.2) is 231 Å². The Hall–Kier alpha value is -7.80. The first-order valence-corrected chi connectivity index (χ1v) is 20.8. The van der Waals surface area contributed by atoms with Crippen molar-refractivity contribution in [2.45, 2.75) is 0 Å². The summed E-state index contributed by atoms with van der Waals surface area (Å²) >= 11 is 0. The fourth-order valence-electron chi connectivity index (χ4n) is 9.96. The van der Waals surface area contributed by atoms with Gasteiger partial charge in [0.15, 0.2) is 0 Å². The van der Waals surface area contributed by atoms with Gasteiger partial charge in [0.25, 0.3) is 0 Å². The van der Waals surface area contributed by atoms with E-state index < -0.39 is 0 Å². The molecule has 0 aromatic heterocycles. The lowest BCUT2D eigenvalue weighted by molar-refractivity contribution is 1.62. The normalized spacial score (nSPS) is 11.7. The van der Waals surface area contributed by atoms with Crippen LogP contribution in [0, 0.1) is 0 Å². The predicted octanol–water partition coefficient (Wildman–Crippen LogP) is 16.9. The van der Waals surface area contributed by atoms with Gasteiger partial charge >= 0.3 is 0 Å². The van der Waals surface area contributed by atoms with E-state index in [1.807, 2.05) is 0 Å². The number of rotatable bonds is 6. The highest BCUT2D eigenvalue weighted by Gasteiger charge is 2.23. The summed E-state index contributed by atoms with van der Waals surface area (Å²) in [6, 6.07) is 85.1. The molecule has 0 N–H and O–H groups in total. The van der Waals surface area contributed by atoms with Gasteiger partial charge in [0, 0.05) is 0 Å². The van der Waals surface area contributed by atoms with Crippen LogP contribution >= 0.6 is 0 Å². The topological polar surface area (TPSA) is 0 Å². The average molecular weight is 759 g/mol. The molecular formula is C60H38. The summed E-state index contributed by atoms with van der Waals surface area (Å²) in [5.41, 5.74) is 14.8. The van der Waals surface area contributed by atoms with Gasteiger partial charge in [-0.25, -0.2) is 0 Å². The van der Waals surface area contributed by atoms with E-state index in [9.17, 15) is 0 Å². The molecule has 0 aliphatic carbocycles. The smallest absolute Gasteiger partial charge is 0.00139 e. The summed E-state index contributed by atoms with van der Waals surface area (Å²) in [6.07, 6.45) is 0. The van der Waals surface area contributed by atoms with E-state index in [1.165, 1.54) is 121 Å². The van der Waals surface area contributed by atoms with E-state index in [2.05, 4.69) is 231 Å². The molecule has 0 amide bonds. The van der Waals surface area contributed by atoms with Crippen LogP contribution in [-0.2, 0) is 0 Å². The molecule has 0 saturated carbocycles. The molecule has 0 spiro atoms. The summed E-state index contributed by atoms with van der Waals surface area (Å²) in [7, 11) is 0. The molecule has 0 aliphatic heterocycles. The summed E-state index contributed by atoms with van der Waals surface area (Å²) in [6.45, 7) is 0. The van der Waals surface area contributed by atoms with Crippen molar-refractivity contribution in [1.82, 2.24) is 0 Å². The monoisotopic (exact) mass is 758 g/mol. The van der Waals surface area contributed by atoms with Crippen molar-refractivity contribution in [3.63, 3.8) is 0 Å². The Morgan fingerprint density at radius 1 is 0.150 bits per heavy atom. The average Bonchev–Trinajstić information content (AvgIpc) is 3.33. The van der Waals surface area contributed by atoms with E-state index in [1.54, 1.807) is 0 Å². The summed E-state index contributed by atoms with van der Waals surface area (Å²) in [4.78, 5) is 0. The maximum absolute atomic E-state index is 2.45. The zero-order valence-electron chi connectivity index (χ0n) is 32.9. The van der Waals surface area contributed by atoms with E-state index in [4.69, 9.17) is 0 Å². The molecule has 0 unspecified atom stereocenters. The summed E-state index contributed by atoms with van der Waals surface area (Å²) < 4.78 is 0. The molecule has 0 nitrogen and oxygen atoms in total. The fraction of sp³-hybridized carbons (Fsp3) is 0. The Morgan fingerprint density at radius 2 is 0.400 bits per heavy atom. The molecule has 0 atom stereocenters. The molecule has 0 fully saturated rings. The molecule has 0 radical (unpaired) electrons. The van der Waals surface area contributed by atoms with Gasteiger partial charge in [-0.2, -0.15) is 0 Å². The van der Waals surface area contributed by atoms with Crippen LogP contribution in [0.3, 0.4) is 0 Å². The quantitative estimate of drug-likeness (QED) is 0.148. The number of benzene rings is 12. The molecule has 12 aromatic rings. The zero-order chi connectivity index (χ0) is 39.6. The molecular weight excluding hydrogens is 721 g/mol. The molecule has 0 heteroatoms. The van der Waals surface area contributed by atoms with Gasteiger partial charge in [-0.3, -0.25) is 0 Å². The highest BCUT2D eigenvalue weighted by Crippen LogP contribution is 2.50. The van der Waals surface area contributed by atoms with Crippen molar-refractivity contribution in [2.75, 3.05) is 0 Å². The van der Waals surface area contributed by atoms with Crippen LogP contribution in [0.4, 0.5) is 0 Å². The van der Waals surface area contributed by atoms with Gasteiger partial charge in [-0.1, -0.05) is 218 Å². The van der Waals surface area contributed by atoms with Gasteiger partial charge in [0.05, 0.1) is 0 Å². The van der Waals surface area contributed by atoms with E-state index in [-0.39, 0.29) is 0 Å². The Labute approximate surface area is 349 Å². The molecule has 0 heterocycles. The highest BCUT2D eigenvalue weighted by molar-refractivity contribution is 6.33. The van der Waals surface area contributed by atoms with Gasteiger partial charge < -0.3 is 0 Å². The first-order valence-electron chi connectivity index (χ1n) is 20.8. The van der Waals surface area contributed by atoms with E-state index in [0.717, 1.165) is 0 Å². The SMILES string of the molecule is c1ccc(-c2ccc(-c3cc(-c4ccccc4)c4ccc5c(-c6ccc(-c7ccccc7)c7ccccc67)cc(-c6ccccc6)c6ccc3c4c65)c3ccccc23)cc1. The van der Waals surface area contributed by atoms with E-state index >= 15 is 0 Å². The molecule has 0 saturated heterocycles. The minimum atomic E-state index is 1.22. The second kappa shape index (κ2) is 13.9. The van der Waals surface area contributed by atoms with Crippen LogP contribution < -0.4 is 0 Å². The van der Waals surface area contributed by atoms with Crippen molar-refractivity contribution in [3.8, 4) is 66.8 Å². The second-order valence-corrected chi connectivity index (χ2v) is 15.9. The zero-order valence-corrected chi connectivity index (χ0v) is 32.9. The molecule has 60 heavy (non-hydrogen) atoms. The number of fused-ring (bicyclic) bond motifs is 2. The third-order valence-corrected chi connectivity index (χ3v) is 12.7. The van der Waals surface area contributed by atoms with Crippen molar-refractivity contribution in [1.29, 1.82) is 0 Å². The molecule has 0 aliphatic rings. The van der Waals surface area contributed by atoms with Gasteiger partial charge in [-0.15, -0.1) is 0 Å². The number of hydrogen-bond donors (Lipinski definition) is 0. The predicted molar refractivity (Wildman–Crippen MR) is 258 cm³/mol. The molecule has 12 rings (SSSR count). The Bertz CT molecular complexity index is 3310. The first kappa shape index (κ1) is 34.3. The lowest BCUT2D eigenvalue weighted by Crippen LogP contribution is -1.95. The van der Waals surface area contributed by atoms with Crippen LogP contribution in [0.2, 0.25) is 0 Å². The molecule has 0 bridgehead atoms. The Kier molecular flexibility index (Phi) is 7.96. The van der Waals surface area contributed by atoms with Crippen LogP contribution in [0.1, 0.15) is 0 Å². The van der Waals surface area contributed by atoms with Crippen molar-refractivity contribution >= 4 is 53.9 Å². The lowest BCUT2D eigenvalue weighted by atomic mass is 9.80. The molecule has 12 aromatic carbocycles. The Morgan fingerprint density at radius 3 is 0.733 bits per heavy atom. The third kappa shape index (κ3) is 5.39. The standard InChI is InChI=1S/C60H38/c1-5-17-39(18-6-1)43-29-31-49(47-27-15-13-25-45(43)47)57-37-55(41-21-9-3-10-22-41)51-34-36-54-58(38-56(42-23-11-4-12-24-42)52-33-35-53(57)59(51)60(52)54)50-32-30-44(40-19-7-2-8-20-40)46-26-14-16-28-48(46)50/h1-38H. The van der Waals surface area contributed by atoms with Crippen molar-refractivity contribution < 1.29 is 0 Å². The van der Waals surface area contributed by atoms with Gasteiger partial charge in [0.2, 0.25) is 0 Å². The van der Waals surface area contributed by atoms with Crippen molar-refractivity contribution in [3.05, 3.63) is 231 Å². The maximum atomic E-state index is 2.45. The number of hydrogen-bond acceptors (Lipinski definition) is 0. The maximum Gasteiger partial charge on any atom is -0.00139 e. The second-order valence-electron chi connectivity index (χ2n) is 15.9. The minimum Gasteiger partial charge on any atom is -0.0622 e. The molecule has 278 valence electrons. The van der Waals surface area contributed by atoms with Crippen LogP contribution in [0.25, 0.3) is 121 Å². The first-order chi connectivity index (χ1) is 29.8. The third-order valence-electron chi connectivity index (χ3n) is 12.7. The summed E-state index contributed by atoms with van der Waals surface area (Å²) in [5.74, 6) is 0. The van der Waals surface area contributed by atoms with Crippen molar-refractivity contribution in [2.24, 2.45) is 0 Å². The fourth-order valence-corrected chi connectivity index (χ4v) is 9.96. The Balaban J connectivity index is 1.22. The highest BCUT2D eigenvalue weighted by atomic mass is 14.3. The van der Waals surface area contributed by atoms with E-state index in [0.29, 0.717) is 0 Å². The van der Waals surface area contributed by atoms with Gasteiger partial charge in [0.1, 0.15) is 0 Å². The largest absolute Gasteiger partial charge is 0.0622 e. The van der Waals surface area contributed by atoms with Crippen LogP contribution in [0.5, 0.6) is 0 Å². The minimum absolute atomic E-state index is 1.22. The van der Waals surface area contributed by atoms with Crippen LogP contribution in [-0.4, -0.2) is 0 Å². The summed E-state index contributed by atoms with van der Waals surface area (Å²) in [5, 5.41) is 12.7. The lowest BCUT2D eigenvalue weighted by Gasteiger charge is -2.23. The van der Waals surface area contributed by atoms with Gasteiger partial charge in [-0.05, 0) is 133 Å².